The van der Waals surface area contributed by atoms with E-state index in [1.54, 1.807) is 20.8 Å². The molecule has 1 aliphatic rings. The zero-order chi connectivity index (χ0) is 14.6. The van der Waals surface area contributed by atoms with Crippen molar-refractivity contribution in [1.29, 1.82) is 0 Å². The number of amides is 2. The standard InChI is InChI=1S/C12H22N2O4/c1-12(2,3)18-11(16)14-8-6-7-9(14)10(15)13(4)17-5/h9H,6-8H2,1-5H3/t9-/m0/s1/i4D. The molecule has 1 fully saturated rings. The Balaban J connectivity index is 2.73. The van der Waals surface area contributed by atoms with E-state index in [0.717, 1.165) is 11.5 Å². The number of hydrogen-bond acceptors (Lipinski definition) is 4. The fourth-order valence-electron chi connectivity index (χ4n) is 1.82. The largest absolute Gasteiger partial charge is 0.444 e. The zero-order valence-corrected chi connectivity index (χ0v) is 11.4. The van der Waals surface area contributed by atoms with E-state index in [0.29, 0.717) is 13.0 Å². The number of likely N-dealkylation sites (tertiary alicyclic amines) is 1. The van der Waals surface area contributed by atoms with Crippen molar-refractivity contribution in [3.05, 3.63) is 0 Å². The third kappa shape index (κ3) is 3.60. The molecule has 0 unspecified atom stereocenters. The molecule has 2 amide bonds. The summed E-state index contributed by atoms with van der Waals surface area (Å²) in [5.41, 5.74) is -0.594. The van der Waals surface area contributed by atoms with E-state index in [1.807, 2.05) is 0 Å². The van der Waals surface area contributed by atoms with Gasteiger partial charge in [-0.2, -0.15) is 0 Å². The molecule has 1 heterocycles. The molecule has 0 saturated carbocycles. The van der Waals surface area contributed by atoms with Crippen LogP contribution in [0.1, 0.15) is 35.0 Å². The predicted molar refractivity (Wildman–Crippen MR) is 65.7 cm³/mol. The molecule has 1 atom stereocenters. The molecule has 0 aliphatic carbocycles. The minimum absolute atomic E-state index is 0.298. The Morgan fingerprint density at radius 3 is 2.61 bits per heavy atom. The highest BCUT2D eigenvalue weighted by Gasteiger charge is 2.38. The van der Waals surface area contributed by atoms with Gasteiger partial charge >= 0.3 is 6.09 Å². The van der Waals surface area contributed by atoms with E-state index >= 15 is 0 Å². The predicted octanol–water partition coefficient (Wildman–Crippen LogP) is 1.41. The Morgan fingerprint density at radius 2 is 2.11 bits per heavy atom. The van der Waals surface area contributed by atoms with Crippen molar-refractivity contribution in [2.45, 2.75) is 45.3 Å². The number of likely N-dealkylation sites (N-methyl/N-ethyl adjacent to an activating group) is 1. The van der Waals surface area contributed by atoms with Gasteiger partial charge in [0, 0.05) is 14.9 Å². The van der Waals surface area contributed by atoms with Crippen LogP contribution in [0.25, 0.3) is 0 Å². The normalized spacial score (nSPS) is 20.6. The molecule has 6 nitrogen and oxygen atoms in total. The van der Waals surface area contributed by atoms with Gasteiger partial charge in [-0.3, -0.25) is 14.5 Å². The molecule has 0 aromatic heterocycles. The van der Waals surface area contributed by atoms with Crippen LogP contribution in [-0.4, -0.2) is 54.3 Å². The van der Waals surface area contributed by atoms with Gasteiger partial charge in [0.15, 0.2) is 0 Å². The van der Waals surface area contributed by atoms with Crippen LogP contribution in [0.5, 0.6) is 0 Å². The van der Waals surface area contributed by atoms with Crippen molar-refractivity contribution in [3.8, 4) is 0 Å². The summed E-state index contributed by atoms with van der Waals surface area (Å²) in [7, 11) is 1.03. The molecule has 104 valence electrons. The molecular weight excluding hydrogens is 236 g/mol. The number of carbonyl (C=O) groups is 2. The van der Waals surface area contributed by atoms with Crippen LogP contribution in [0.3, 0.4) is 0 Å². The number of ether oxygens (including phenoxy) is 1. The number of hydrogen-bond donors (Lipinski definition) is 0. The first-order valence-electron chi connectivity index (χ1n) is 6.65. The SMILES string of the molecule is [2H]CN(OC)C(=O)[C@@H]1CCCN1C(=O)OC(C)(C)C. The highest BCUT2D eigenvalue weighted by Crippen LogP contribution is 2.22. The zero-order valence-electron chi connectivity index (χ0n) is 12.4. The van der Waals surface area contributed by atoms with Crippen molar-refractivity contribution in [2.75, 3.05) is 20.7 Å². The van der Waals surface area contributed by atoms with Crippen molar-refractivity contribution < 1.29 is 20.5 Å². The lowest BCUT2D eigenvalue weighted by Gasteiger charge is -2.29. The van der Waals surface area contributed by atoms with Gasteiger partial charge in [-0.15, -0.1) is 0 Å². The summed E-state index contributed by atoms with van der Waals surface area (Å²) in [6.07, 6.45) is 0.813. The maximum Gasteiger partial charge on any atom is 0.410 e. The van der Waals surface area contributed by atoms with Crippen LogP contribution >= 0.6 is 0 Å². The molecule has 0 aromatic rings. The topological polar surface area (TPSA) is 59.1 Å². The van der Waals surface area contributed by atoms with E-state index in [9.17, 15) is 9.59 Å². The fourth-order valence-corrected chi connectivity index (χ4v) is 1.82. The van der Waals surface area contributed by atoms with Crippen LogP contribution < -0.4 is 0 Å². The van der Waals surface area contributed by atoms with Crippen molar-refractivity contribution in [3.63, 3.8) is 0 Å². The number of carbonyl (C=O) groups excluding carboxylic acids is 2. The van der Waals surface area contributed by atoms with Gasteiger partial charge in [0.05, 0.1) is 7.11 Å². The quantitative estimate of drug-likeness (QED) is 0.703. The van der Waals surface area contributed by atoms with Gasteiger partial charge in [0.1, 0.15) is 11.6 Å². The fraction of sp³-hybridized carbons (Fsp3) is 0.833. The first-order chi connectivity index (χ1) is 8.80. The van der Waals surface area contributed by atoms with Crippen LogP contribution in [0.2, 0.25) is 0 Å². The minimum Gasteiger partial charge on any atom is -0.444 e. The number of rotatable bonds is 2. The van der Waals surface area contributed by atoms with E-state index in [4.69, 9.17) is 10.9 Å². The van der Waals surface area contributed by atoms with Gasteiger partial charge < -0.3 is 4.74 Å². The Bertz CT molecular complexity index is 339. The van der Waals surface area contributed by atoms with Crippen molar-refractivity contribution in [2.24, 2.45) is 0 Å². The summed E-state index contributed by atoms with van der Waals surface area (Å²) in [4.78, 5) is 30.4. The van der Waals surface area contributed by atoms with Gasteiger partial charge in [0.25, 0.3) is 5.91 Å². The van der Waals surface area contributed by atoms with E-state index in [2.05, 4.69) is 0 Å². The Kier molecular flexibility index (Phi) is 4.06. The van der Waals surface area contributed by atoms with Crippen molar-refractivity contribution in [1.82, 2.24) is 9.96 Å². The molecule has 18 heavy (non-hydrogen) atoms. The third-order valence-corrected chi connectivity index (χ3v) is 2.63. The summed E-state index contributed by atoms with van der Waals surface area (Å²) in [6, 6.07) is -0.597. The van der Waals surface area contributed by atoms with Crippen LogP contribution in [-0.2, 0) is 14.4 Å². The lowest BCUT2D eigenvalue weighted by Crippen LogP contribution is -2.47. The highest BCUT2D eigenvalue weighted by atomic mass is 16.7. The van der Waals surface area contributed by atoms with E-state index in [-0.39, 0.29) is 12.9 Å². The smallest absolute Gasteiger partial charge is 0.410 e. The maximum atomic E-state index is 12.1. The number of hydroxylamine groups is 2. The molecule has 1 aliphatic heterocycles. The lowest BCUT2D eigenvalue weighted by molar-refractivity contribution is -0.173. The molecule has 1 rings (SSSR count). The second kappa shape index (κ2) is 5.56. The minimum atomic E-state index is -0.597. The molecule has 0 radical (unpaired) electrons. The highest BCUT2D eigenvalue weighted by molar-refractivity contribution is 5.85. The summed E-state index contributed by atoms with van der Waals surface area (Å²) < 4.78 is 12.5. The Morgan fingerprint density at radius 1 is 1.44 bits per heavy atom. The van der Waals surface area contributed by atoms with Gasteiger partial charge in [0.2, 0.25) is 0 Å². The van der Waals surface area contributed by atoms with Crippen molar-refractivity contribution >= 4 is 12.0 Å². The molecule has 6 heteroatoms. The summed E-state index contributed by atoms with van der Waals surface area (Å²) in [5, 5.41) is 0.938. The molecule has 0 N–H and O–H groups in total. The molecule has 1 saturated heterocycles. The molecule has 0 aromatic carbocycles. The molecule has 0 bridgehead atoms. The lowest BCUT2D eigenvalue weighted by atomic mass is 10.2. The van der Waals surface area contributed by atoms with Crippen LogP contribution in [0.4, 0.5) is 4.79 Å². The average molecular weight is 259 g/mol. The van der Waals surface area contributed by atoms with E-state index in [1.165, 1.54) is 12.0 Å². The van der Waals surface area contributed by atoms with Gasteiger partial charge in [-0.25, -0.2) is 9.86 Å². The third-order valence-electron chi connectivity index (χ3n) is 2.63. The monoisotopic (exact) mass is 259 g/mol. The molecule has 0 spiro atoms. The van der Waals surface area contributed by atoms with Gasteiger partial charge in [-0.1, -0.05) is 0 Å². The second-order valence-electron chi connectivity index (χ2n) is 5.23. The first kappa shape index (κ1) is 13.1. The van der Waals surface area contributed by atoms with Crippen LogP contribution in [0.15, 0.2) is 0 Å². The van der Waals surface area contributed by atoms with Crippen LogP contribution in [0, 0.1) is 0 Å². The Labute approximate surface area is 109 Å². The first-order valence-corrected chi connectivity index (χ1v) is 5.94. The summed E-state index contributed by atoms with van der Waals surface area (Å²) >= 11 is 0. The second-order valence-corrected chi connectivity index (χ2v) is 5.23. The van der Waals surface area contributed by atoms with E-state index < -0.39 is 17.7 Å². The Hall–Kier alpha value is -1.30. The molecular formula is C12H22N2O4. The average Bonchev–Trinajstić information content (AvgIpc) is 2.76. The maximum absolute atomic E-state index is 12.1. The summed E-state index contributed by atoms with van der Waals surface area (Å²) in [5.74, 6) is -0.374. The summed E-state index contributed by atoms with van der Waals surface area (Å²) in [6.45, 7) is 5.83. The van der Waals surface area contributed by atoms with Gasteiger partial charge in [-0.05, 0) is 33.6 Å². The number of nitrogens with zero attached hydrogens (tertiary/aromatic N) is 2.